The lowest BCUT2D eigenvalue weighted by Crippen LogP contribution is -2.37. The minimum absolute atomic E-state index is 0. The van der Waals surface area contributed by atoms with Gasteiger partial charge in [0.1, 0.15) is 12.4 Å². The number of nitrogens with one attached hydrogen (secondary N) is 2. The molecule has 1 aliphatic heterocycles. The summed E-state index contributed by atoms with van der Waals surface area (Å²) in [5.74, 6) is 4.04. The molecule has 27 heavy (non-hydrogen) atoms. The Morgan fingerprint density at radius 2 is 1.93 bits per heavy atom. The van der Waals surface area contributed by atoms with E-state index in [4.69, 9.17) is 4.99 Å². The van der Waals surface area contributed by atoms with Crippen LogP contribution in [0.5, 0.6) is 0 Å². The molecule has 6 nitrogen and oxygen atoms in total. The van der Waals surface area contributed by atoms with Crippen molar-refractivity contribution < 1.29 is 0 Å². The van der Waals surface area contributed by atoms with E-state index in [0.717, 1.165) is 49.6 Å². The molecule has 2 aliphatic rings. The van der Waals surface area contributed by atoms with Crippen molar-refractivity contribution in [2.75, 3.05) is 13.1 Å². The van der Waals surface area contributed by atoms with Gasteiger partial charge in [-0.15, -0.1) is 34.2 Å². The van der Waals surface area contributed by atoms with Gasteiger partial charge < -0.3 is 15.2 Å². The number of unbranched alkanes of at least 4 members (excludes halogenated alkanes) is 1. The second-order valence-corrected chi connectivity index (χ2v) is 7.76. The van der Waals surface area contributed by atoms with Crippen LogP contribution >= 0.6 is 24.0 Å². The van der Waals surface area contributed by atoms with Crippen LogP contribution in [0.15, 0.2) is 4.99 Å². The first kappa shape index (κ1) is 22.4. The molecule has 1 aliphatic carbocycles. The summed E-state index contributed by atoms with van der Waals surface area (Å²) in [4.78, 5) is 4.74. The third-order valence-corrected chi connectivity index (χ3v) is 5.72. The van der Waals surface area contributed by atoms with Gasteiger partial charge in [0.2, 0.25) is 0 Å². The molecule has 0 bridgehead atoms. The number of aromatic nitrogens is 3. The standard InChI is InChI=1S/C20H36N6.HI/c1-2-21-20(22-14-8-7-12-17-10-5-6-11-17)23-16-19-25-24-18-13-4-3-9-15-26(18)19;/h17H,2-16H2,1H3,(H2,21,22,23);1H. The van der Waals surface area contributed by atoms with Gasteiger partial charge in [-0.05, 0) is 32.1 Å². The number of hydrogen-bond donors (Lipinski definition) is 2. The predicted octanol–water partition coefficient (Wildman–Crippen LogP) is 4.04. The monoisotopic (exact) mass is 488 g/mol. The quantitative estimate of drug-likeness (QED) is 0.251. The maximum absolute atomic E-state index is 4.74. The molecule has 0 spiro atoms. The fourth-order valence-corrected chi connectivity index (χ4v) is 4.22. The summed E-state index contributed by atoms with van der Waals surface area (Å²) in [7, 11) is 0. The summed E-state index contributed by atoms with van der Waals surface area (Å²) in [5.41, 5.74) is 0. The maximum atomic E-state index is 4.74. The Labute approximate surface area is 181 Å². The van der Waals surface area contributed by atoms with E-state index >= 15 is 0 Å². The second kappa shape index (κ2) is 12.6. The topological polar surface area (TPSA) is 67.1 Å². The molecule has 154 valence electrons. The van der Waals surface area contributed by atoms with Crippen LogP contribution < -0.4 is 10.6 Å². The van der Waals surface area contributed by atoms with Gasteiger partial charge in [-0.25, -0.2) is 4.99 Å². The van der Waals surface area contributed by atoms with Gasteiger partial charge in [0.15, 0.2) is 11.8 Å². The van der Waals surface area contributed by atoms with Crippen LogP contribution in [-0.4, -0.2) is 33.8 Å². The zero-order valence-corrected chi connectivity index (χ0v) is 19.2. The third-order valence-electron chi connectivity index (χ3n) is 5.72. The molecule has 1 saturated carbocycles. The largest absolute Gasteiger partial charge is 0.357 e. The highest BCUT2D eigenvalue weighted by Gasteiger charge is 2.15. The van der Waals surface area contributed by atoms with Gasteiger partial charge in [0.05, 0.1) is 0 Å². The number of aliphatic imine (C=N–C) groups is 1. The van der Waals surface area contributed by atoms with E-state index in [1.165, 1.54) is 64.2 Å². The molecule has 0 amide bonds. The Morgan fingerprint density at radius 3 is 2.74 bits per heavy atom. The molecule has 0 unspecified atom stereocenters. The molecular formula is C20H37IN6. The molecule has 0 saturated heterocycles. The fourth-order valence-electron chi connectivity index (χ4n) is 4.22. The number of guanidine groups is 1. The van der Waals surface area contributed by atoms with Crippen LogP contribution in [0.3, 0.4) is 0 Å². The number of nitrogens with zero attached hydrogens (tertiary/aromatic N) is 4. The van der Waals surface area contributed by atoms with Crippen molar-refractivity contribution in [2.45, 2.75) is 90.6 Å². The Morgan fingerprint density at radius 1 is 1.07 bits per heavy atom. The van der Waals surface area contributed by atoms with Gasteiger partial charge in [-0.1, -0.05) is 44.9 Å². The molecule has 2 N–H and O–H groups in total. The fraction of sp³-hybridized carbons (Fsp3) is 0.850. The van der Waals surface area contributed by atoms with Gasteiger partial charge in [-0.2, -0.15) is 0 Å². The lowest BCUT2D eigenvalue weighted by atomic mass is 10.0. The van der Waals surface area contributed by atoms with Gasteiger partial charge in [0, 0.05) is 26.1 Å². The highest BCUT2D eigenvalue weighted by molar-refractivity contribution is 14.0. The minimum atomic E-state index is 0. The van der Waals surface area contributed by atoms with Crippen molar-refractivity contribution in [3.63, 3.8) is 0 Å². The molecular weight excluding hydrogens is 451 g/mol. The zero-order chi connectivity index (χ0) is 18.0. The summed E-state index contributed by atoms with van der Waals surface area (Å²) in [6, 6.07) is 0. The summed E-state index contributed by atoms with van der Waals surface area (Å²) >= 11 is 0. The molecule has 0 radical (unpaired) electrons. The Kier molecular flexibility index (Phi) is 10.4. The SMILES string of the molecule is CCNC(=NCc1nnc2n1CCCCC2)NCCCCC1CCCC1.I. The Hall–Kier alpha value is -0.860. The molecule has 1 aromatic rings. The normalized spacial score (nSPS) is 17.9. The third kappa shape index (κ3) is 7.23. The van der Waals surface area contributed by atoms with E-state index in [1.54, 1.807) is 0 Å². The van der Waals surface area contributed by atoms with Gasteiger partial charge in [0.25, 0.3) is 0 Å². The summed E-state index contributed by atoms with van der Waals surface area (Å²) in [6.07, 6.45) is 14.6. The highest BCUT2D eigenvalue weighted by atomic mass is 127. The lowest BCUT2D eigenvalue weighted by molar-refractivity contribution is 0.472. The smallest absolute Gasteiger partial charge is 0.191 e. The first-order chi connectivity index (χ1) is 12.9. The number of rotatable bonds is 8. The van der Waals surface area contributed by atoms with Crippen LogP contribution in [0.1, 0.15) is 82.8 Å². The Bertz CT molecular complexity index is 565. The maximum Gasteiger partial charge on any atom is 0.191 e. The second-order valence-electron chi connectivity index (χ2n) is 7.76. The van der Waals surface area contributed by atoms with Crippen molar-refractivity contribution >= 4 is 29.9 Å². The van der Waals surface area contributed by atoms with Crippen LogP contribution in [0.4, 0.5) is 0 Å². The molecule has 0 atom stereocenters. The van der Waals surface area contributed by atoms with Gasteiger partial charge in [-0.3, -0.25) is 0 Å². The Balaban J connectivity index is 0.00000261. The number of aryl methyl sites for hydroxylation is 1. The van der Waals surface area contributed by atoms with Crippen molar-refractivity contribution in [3.8, 4) is 0 Å². The van der Waals surface area contributed by atoms with E-state index in [0.29, 0.717) is 6.54 Å². The summed E-state index contributed by atoms with van der Waals surface area (Å²) in [6.45, 7) is 5.63. The predicted molar refractivity (Wildman–Crippen MR) is 122 cm³/mol. The number of fused-ring (bicyclic) bond motifs is 1. The first-order valence-electron chi connectivity index (χ1n) is 10.8. The van der Waals surface area contributed by atoms with E-state index in [1.807, 2.05) is 0 Å². The van der Waals surface area contributed by atoms with E-state index in [-0.39, 0.29) is 24.0 Å². The zero-order valence-electron chi connectivity index (χ0n) is 16.9. The molecule has 2 heterocycles. The molecule has 1 fully saturated rings. The summed E-state index contributed by atoms with van der Waals surface area (Å²) in [5, 5.41) is 15.6. The van der Waals surface area contributed by atoms with Gasteiger partial charge >= 0.3 is 0 Å². The molecule has 7 heteroatoms. The van der Waals surface area contributed by atoms with Crippen molar-refractivity contribution in [1.82, 2.24) is 25.4 Å². The lowest BCUT2D eigenvalue weighted by Gasteiger charge is -2.12. The van der Waals surface area contributed by atoms with Crippen LogP contribution in [0.2, 0.25) is 0 Å². The van der Waals surface area contributed by atoms with E-state index in [9.17, 15) is 0 Å². The molecule has 3 rings (SSSR count). The number of hydrogen-bond acceptors (Lipinski definition) is 3. The van der Waals surface area contributed by atoms with Crippen LogP contribution in [0.25, 0.3) is 0 Å². The van der Waals surface area contributed by atoms with Crippen LogP contribution in [-0.2, 0) is 19.5 Å². The van der Waals surface area contributed by atoms with E-state index < -0.39 is 0 Å². The molecule has 1 aromatic heterocycles. The minimum Gasteiger partial charge on any atom is -0.357 e. The summed E-state index contributed by atoms with van der Waals surface area (Å²) < 4.78 is 2.28. The van der Waals surface area contributed by atoms with Crippen molar-refractivity contribution in [3.05, 3.63) is 11.6 Å². The average molecular weight is 488 g/mol. The average Bonchev–Trinajstić information content (AvgIpc) is 3.24. The highest BCUT2D eigenvalue weighted by Crippen LogP contribution is 2.28. The van der Waals surface area contributed by atoms with E-state index in [2.05, 4.69) is 32.3 Å². The van der Waals surface area contributed by atoms with Crippen molar-refractivity contribution in [2.24, 2.45) is 10.9 Å². The van der Waals surface area contributed by atoms with Crippen molar-refractivity contribution in [1.29, 1.82) is 0 Å². The van der Waals surface area contributed by atoms with Crippen LogP contribution in [0, 0.1) is 5.92 Å². The first-order valence-corrected chi connectivity index (χ1v) is 10.8. The number of halogens is 1. The molecule has 0 aromatic carbocycles.